The van der Waals surface area contributed by atoms with E-state index in [2.05, 4.69) is 0 Å². The first kappa shape index (κ1) is 14.0. The van der Waals surface area contributed by atoms with Crippen LogP contribution in [0.3, 0.4) is 0 Å². The van der Waals surface area contributed by atoms with Crippen LogP contribution in [0, 0.1) is 0 Å². The molecule has 0 radical (unpaired) electrons. The predicted octanol–water partition coefficient (Wildman–Crippen LogP) is 3.05. The summed E-state index contributed by atoms with van der Waals surface area (Å²) >= 11 is 0. The van der Waals surface area contributed by atoms with Crippen molar-refractivity contribution in [3.63, 3.8) is 0 Å². The number of hydrogen-bond acceptors (Lipinski definition) is 3. The van der Waals surface area contributed by atoms with E-state index in [4.69, 9.17) is 0 Å². The van der Waals surface area contributed by atoms with Crippen molar-refractivity contribution in [2.45, 2.75) is 59.0 Å². The van der Waals surface area contributed by atoms with Crippen LogP contribution >= 0.6 is 0 Å². The summed E-state index contributed by atoms with van der Waals surface area (Å²) in [6.45, 7) is 7.32. The second-order valence-corrected chi connectivity index (χ2v) is 4.63. The monoisotopic (exact) mass is 238 g/mol. The van der Waals surface area contributed by atoms with E-state index in [-0.39, 0.29) is 11.5 Å². The van der Waals surface area contributed by atoms with Gasteiger partial charge in [0.15, 0.2) is 5.78 Å². The van der Waals surface area contributed by atoms with Crippen LogP contribution < -0.4 is 0 Å². The van der Waals surface area contributed by atoms with E-state index in [1.54, 1.807) is 13.8 Å². The fourth-order valence-corrected chi connectivity index (χ4v) is 2.56. The molecule has 1 atom stereocenters. The molecule has 0 unspecified atom stereocenters. The topological polar surface area (TPSA) is 57.5 Å². The molecule has 17 heavy (non-hydrogen) atoms. The van der Waals surface area contributed by atoms with Crippen molar-refractivity contribution in [3.05, 3.63) is 22.5 Å². The molecule has 1 aliphatic carbocycles. The molecule has 0 aromatic heterocycles. The highest BCUT2D eigenvalue weighted by molar-refractivity contribution is 6.01. The summed E-state index contributed by atoms with van der Waals surface area (Å²) < 4.78 is 0. The average molecular weight is 238 g/mol. The summed E-state index contributed by atoms with van der Waals surface area (Å²) in [6, 6.07) is 0. The smallest absolute Gasteiger partial charge is 0.166 e. The van der Waals surface area contributed by atoms with Crippen LogP contribution in [0.2, 0.25) is 0 Å². The Kier molecular flexibility index (Phi) is 4.15. The highest BCUT2D eigenvalue weighted by Gasteiger charge is 2.42. The zero-order valence-electron chi connectivity index (χ0n) is 11.1. The quantitative estimate of drug-likeness (QED) is 0.774. The number of Topliss-reactive ketones (excluding diaryl/α,β-unsaturated/α-hetero) is 1. The molecule has 0 amide bonds. The van der Waals surface area contributed by atoms with Crippen molar-refractivity contribution in [2.75, 3.05) is 0 Å². The van der Waals surface area contributed by atoms with Gasteiger partial charge in [0.25, 0.3) is 0 Å². The predicted molar refractivity (Wildman–Crippen MR) is 67.8 cm³/mol. The van der Waals surface area contributed by atoms with Crippen LogP contribution in [-0.4, -0.2) is 21.6 Å². The normalized spacial score (nSPS) is 24.8. The number of carbonyl (C=O) groups is 1. The van der Waals surface area contributed by atoms with Crippen LogP contribution in [0.4, 0.5) is 0 Å². The summed E-state index contributed by atoms with van der Waals surface area (Å²) in [4.78, 5) is 11.9. The summed E-state index contributed by atoms with van der Waals surface area (Å²) in [7, 11) is 0. The molecule has 0 spiro atoms. The molecule has 0 bridgehead atoms. The van der Waals surface area contributed by atoms with E-state index in [0.717, 1.165) is 6.42 Å². The maximum Gasteiger partial charge on any atom is 0.166 e. The van der Waals surface area contributed by atoms with Crippen molar-refractivity contribution in [1.82, 2.24) is 0 Å². The molecular formula is C14H22O3. The first-order chi connectivity index (χ1) is 7.91. The van der Waals surface area contributed by atoms with Crippen LogP contribution in [-0.2, 0) is 4.79 Å². The molecule has 2 N–H and O–H groups in total. The SMILES string of the molecule is CCCC1=C(O)C(C(=O)CC)=C(CC)[C@]1(C)O. The van der Waals surface area contributed by atoms with Crippen LogP contribution in [0.5, 0.6) is 0 Å². The molecule has 1 aliphatic rings. The number of carbonyl (C=O) groups excluding carboxylic acids is 1. The Bertz CT molecular complexity index is 386. The van der Waals surface area contributed by atoms with Crippen molar-refractivity contribution < 1.29 is 15.0 Å². The van der Waals surface area contributed by atoms with Crippen molar-refractivity contribution >= 4 is 5.78 Å². The fourth-order valence-electron chi connectivity index (χ4n) is 2.56. The zero-order chi connectivity index (χ0) is 13.2. The maximum atomic E-state index is 11.9. The number of aliphatic hydroxyl groups is 2. The minimum absolute atomic E-state index is 0.0144. The molecule has 0 aromatic carbocycles. The lowest BCUT2D eigenvalue weighted by molar-refractivity contribution is -0.115. The third-order valence-electron chi connectivity index (χ3n) is 3.45. The number of aliphatic hydroxyl groups excluding tert-OH is 1. The average Bonchev–Trinajstić information content (AvgIpc) is 2.48. The Labute approximate surface area is 103 Å². The molecule has 0 saturated carbocycles. The van der Waals surface area contributed by atoms with Gasteiger partial charge < -0.3 is 10.2 Å². The Hall–Kier alpha value is -1.09. The van der Waals surface area contributed by atoms with E-state index in [1.165, 1.54) is 0 Å². The summed E-state index contributed by atoms with van der Waals surface area (Å²) in [5.41, 5.74) is 0.442. The van der Waals surface area contributed by atoms with E-state index in [1.807, 2.05) is 13.8 Å². The van der Waals surface area contributed by atoms with E-state index in [9.17, 15) is 15.0 Å². The van der Waals surface area contributed by atoms with Gasteiger partial charge in [0.1, 0.15) is 11.4 Å². The highest BCUT2D eigenvalue weighted by Crippen LogP contribution is 2.43. The van der Waals surface area contributed by atoms with Crippen LogP contribution in [0.15, 0.2) is 22.5 Å². The molecule has 0 fully saturated rings. The summed E-state index contributed by atoms with van der Waals surface area (Å²) in [5.74, 6) is -0.0775. The Morgan fingerprint density at radius 2 is 1.82 bits per heavy atom. The maximum absolute atomic E-state index is 11.9. The molecule has 0 aromatic rings. The molecule has 0 aliphatic heterocycles. The van der Waals surface area contributed by atoms with E-state index < -0.39 is 5.60 Å². The second kappa shape index (κ2) is 5.05. The Morgan fingerprint density at radius 3 is 2.24 bits per heavy atom. The number of rotatable bonds is 5. The minimum atomic E-state index is -1.16. The van der Waals surface area contributed by atoms with E-state index in [0.29, 0.717) is 36.0 Å². The first-order valence-corrected chi connectivity index (χ1v) is 6.33. The molecule has 0 saturated heterocycles. The largest absolute Gasteiger partial charge is 0.507 e. The van der Waals surface area contributed by atoms with Crippen molar-refractivity contribution in [3.8, 4) is 0 Å². The third-order valence-corrected chi connectivity index (χ3v) is 3.45. The Morgan fingerprint density at radius 1 is 1.24 bits per heavy atom. The minimum Gasteiger partial charge on any atom is -0.507 e. The van der Waals surface area contributed by atoms with Gasteiger partial charge in [-0.15, -0.1) is 0 Å². The van der Waals surface area contributed by atoms with Gasteiger partial charge in [-0.3, -0.25) is 4.79 Å². The van der Waals surface area contributed by atoms with Gasteiger partial charge in [-0.25, -0.2) is 0 Å². The molecule has 1 rings (SSSR count). The molecule has 0 heterocycles. The van der Waals surface area contributed by atoms with Gasteiger partial charge in [-0.2, -0.15) is 0 Å². The zero-order valence-corrected chi connectivity index (χ0v) is 11.1. The van der Waals surface area contributed by atoms with Gasteiger partial charge >= 0.3 is 0 Å². The first-order valence-electron chi connectivity index (χ1n) is 6.33. The lowest BCUT2D eigenvalue weighted by Gasteiger charge is -2.24. The van der Waals surface area contributed by atoms with Crippen molar-refractivity contribution in [2.24, 2.45) is 0 Å². The lowest BCUT2D eigenvalue weighted by Crippen LogP contribution is -2.27. The number of ketones is 1. The van der Waals surface area contributed by atoms with Gasteiger partial charge in [0, 0.05) is 12.0 Å². The molecular weight excluding hydrogens is 216 g/mol. The molecule has 3 heteroatoms. The molecule has 3 nitrogen and oxygen atoms in total. The van der Waals surface area contributed by atoms with Crippen molar-refractivity contribution in [1.29, 1.82) is 0 Å². The summed E-state index contributed by atoms with van der Waals surface area (Å²) in [5, 5.41) is 20.7. The lowest BCUT2D eigenvalue weighted by atomic mass is 9.87. The van der Waals surface area contributed by atoms with Gasteiger partial charge in [-0.05, 0) is 25.3 Å². The number of hydrogen-bond donors (Lipinski definition) is 2. The molecule has 96 valence electrons. The standard InChI is InChI=1S/C14H22O3/c1-5-8-10-13(16)12(11(15)7-3)9(6-2)14(10,4)17/h16-17H,5-8H2,1-4H3/t14-/m0/s1. The third kappa shape index (κ3) is 2.16. The van der Waals surface area contributed by atoms with Gasteiger partial charge in [0.05, 0.1) is 5.57 Å². The second-order valence-electron chi connectivity index (χ2n) is 4.63. The van der Waals surface area contributed by atoms with Gasteiger partial charge in [0.2, 0.25) is 0 Å². The Balaban J connectivity index is 3.34. The van der Waals surface area contributed by atoms with Crippen LogP contribution in [0.25, 0.3) is 0 Å². The van der Waals surface area contributed by atoms with Crippen LogP contribution in [0.1, 0.15) is 53.4 Å². The fraction of sp³-hybridized carbons (Fsp3) is 0.643. The van der Waals surface area contributed by atoms with Gasteiger partial charge in [-0.1, -0.05) is 27.2 Å². The van der Waals surface area contributed by atoms with E-state index >= 15 is 0 Å². The summed E-state index contributed by atoms with van der Waals surface area (Å²) in [6.07, 6.45) is 2.37. The number of allylic oxidation sites excluding steroid dienone is 1. The highest BCUT2D eigenvalue weighted by atomic mass is 16.3.